The minimum Gasteiger partial charge on any atom is -0.481 e. The van der Waals surface area contributed by atoms with E-state index < -0.39 is 17.7 Å². The van der Waals surface area contributed by atoms with Gasteiger partial charge >= 0.3 is 12.1 Å². The first kappa shape index (κ1) is 23.2. The molecule has 8 heteroatoms. The largest absolute Gasteiger partial charge is 0.481 e. The van der Waals surface area contributed by atoms with Crippen molar-refractivity contribution in [3.05, 3.63) is 47.0 Å². The highest BCUT2D eigenvalue weighted by atomic mass is 32.1. The average Bonchev–Trinajstić information content (AvgIpc) is 3.16. The number of nitrogens with zero attached hydrogens (tertiary/aromatic N) is 2. The summed E-state index contributed by atoms with van der Waals surface area (Å²) in [6.45, 7) is 6.35. The number of ether oxygens (including phenoxy) is 1. The smallest absolute Gasteiger partial charge is 0.413 e. The van der Waals surface area contributed by atoms with Crippen LogP contribution in [0.5, 0.6) is 0 Å². The second kappa shape index (κ2) is 10.2. The lowest BCUT2D eigenvalue weighted by atomic mass is 9.92. The van der Waals surface area contributed by atoms with Gasteiger partial charge in [0.2, 0.25) is 0 Å². The third-order valence-corrected chi connectivity index (χ3v) is 6.01. The molecule has 1 amide bonds. The fourth-order valence-electron chi connectivity index (χ4n) is 3.99. The molecule has 1 aliphatic heterocycles. The fourth-order valence-corrected chi connectivity index (χ4v) is 4.73. The number of carboxylic acids is 1. The number of carboxylic acid groups (broad SMARTS) is 1. The summed E-state index contributed by atoms with van der Waals surface area (Å²) in [6, 6.07) is 10.2. The van der Waals surface area contributed by atoms with Gasteiger partial charge in [0.05, 0.1) is 11.7 Å². The molecule has 0 aliphatic carbocycles. The zero-order valence-corrected chi connectivity index (χ0v) is 19.2. The number of carbonyl (C=O) groups excluding carboxylic acids is 1. The molecule has 2 N–H and O–H groups in total. The van der Waals surface area contributed by atoms with Crippen LogP contribution in [0.25, 0.3) is 0 Å². The lowest BCUT2D eigenvalue weighted by Crippen LogP contribution is -2.37. The van der Waals surface area contributed by atoms with E-state index >= 15 is 0 Å². The number of thiazole rings is 1. The Labute approximate surface area is 187 Å². The van der Waals surface area contributed by atoms with Crippen LogP contribution >= 0.6 is 11.3 Å². The van der Waals surface area contributed by atoms with Crippen molar-refractivity contribution in [2.24, 2.45) is 0 Å². The predicted molar refractivity (Wildman–Crippen MR) is 121 cm³/mol. The molecule has 1 aromatic carbocycles. The van der Waals surface area contributed by atoms with Crippen LogP contribution in [0.4, 0.5) is 9.93 Å². The average molecular weight is 446 g/mol. The van der Waals surface area contributed by atoms with E-state index in [-0.39, 0.29) is 18.5 Å². The fraction of sp³-hybridized carbons (Fsp3) is 0.522. The van der Waals surface area contributed by atoms with E-state index in [9.17, 15) is 14.7 Å². The van der Waals surface area contributed by atoms with Gasteiger partial charge in [-0.1, -0.05) is 36.8 Å². The highest BCUT2D eigenvalue weighted by molar-refractivity contribution is 7.13. The number of amides is 1. The van der Waals surface area contributed by atoms with Crippen molar-refractivity contribution in [1.29, 1.82) is 0 Å². The van der Waals surface area contributed by atoms with Crippen molar-refractivity contribution in [2.75, 3.05) is 11.9 Å². The van der Waals surface area contributed by atoms with Crippen LogP contribution in [-0.2, 0) is 9.53 Å². The normalized spacial score (nSPS) is 18.4. The van der Waals surface area contributed by atoms with Gasteiger partial charge in [-0.2, -0.15) is 0 Å². The Kier molecular flexibility index (Phi) is 7.67. The number of hydrogen-bond donors (Lipinski definition) is 2. The maximum atomic E-state index is 12.1. The van der Waals surface area contributed by atoms with Crippen LogP contribution in [0.15, 0.2) is 35.7 Å². The van der Waals surface area contributed by atoms with Crippen LogP contribution in [0.2, 0.25) is 0 Å². The highest BCUT2D eigenvalue weighted by Crippen LogP contribution is 2.40. The van der Waals surface area contributed by atoms with E-state index in [0.717, 1.165) is 37.1 Å². The summed E-state index contributed by atoms with van der Waals surface area (Å²) < 4.78 is 5.32. The Morgan fingerprint density at radius 2 is 2.03 bits per heavy atom. The van der Waals surface area contributed by atoms with E-state index in [2.05, 4.69) is 27.3 Å². The molecule has 2 unspecified atom stereocenters. The van der Waals surface area contributed by atoms with Gasteiger partial charge in [-0.05, 0) is 52.1 Å². The molecule has 0 bridgehead atoms. The maximum absolute atomic E-state index is 12.1. The number of aromatic nitrogens is 1. The summed E-state index contributed by atoms with van der Waals surface area (Å²) in [5.74, 6) is -0.785. The number of likely N-dealkylation sites (tertiary alicyclic amines) is 1. The Morgan fingerprint density at radius 3 is 2.71 bits per heavy atom. The van der Waals surface area contributed by atoms with Gasteiger partial charge in [-0.15, -0.1) is 11.3 Å². The number of benzene rings is 1. The number of nitrogens with one attached hydrogen (secondary N) is 1. The third kappa shape index (κ3) is 6.77. The lowest BCUT2D eigenvalue weighted by Gasteiger charge is -2.41. The van der Waals surface area contributed by atoms with Crippen LogP contribution in [-0.4, -0.2) is 39.2 Å². The van der Waals surface area contributed by atoms with Crippen LogP contribution < -0.4 is 5.32 Å². The molecular weight excluding hydrogens is 414 g/mol. The van der Waals surface area contributed by atoms with Crippen molar-refractivity contribution in [2.45, 2.75) is 70.6 Å². The molecule has 1 aliphatic rings. The predicted octanol–water partition coefficient (Wildman–Crippen LogP) is 5.62. The zero-order valence-electron chi connectivity index (χ0n) is 18.3. The van der Waals surface area contributed by atoms with Crippen molar-refractivity contribution in [1.82, 2.24) is 9.88 Å². The first-order valence-corrected chi connectivity index (χ1v) is 11.6. The highest BCUT2D eigenvalue weighted by Gasteiger charge is 2.32. The Balaban J connectivity index is 1.79. The molecule has 1 saturated heterocycles. The summed E-state index contributed by atoms with van der Waals surface area (Å²) in [4.78, 5) is 30.4. The summed E-state index contributed by atoms with van der Waals surface area (Å²) in [7, 11) is 0. The van der Waals surface area contributed by atoms with Gasteiger partial charge in [-0.25, -0.2) is 9.78 Å². The third-order valence-electron chi connectivity index (χ3n) is 5.23. The first-order valence-electron chi connectivity index (χ1n) is 10.7. The molecule has 1 aromatic heterocycles. The van der Waals surface area contributed by atoms with Crippen LogP contribution in [0, 0.1) is 0 Å². The number of piperidine rings is 1. The molecule has 168 valence electrons. The SMILES string of the molecule is CC(C)(C)OC(=O)Nc1nc(C2CCCCN2C(CCC(=O)O)c2ccccc2)cs1. The summed E-state index contributed by atoms with van der Waals surface area (Å²) in [5, 5.41) is 14.5. The van der Waals surface area contributed by atoms with Gasteiger partial charge in [0.25, 0.3) is 0 Å². The van der Waals surface area contributed by atoms with E-state index in [0.29, 0.717) is 11.6 Å². The van der Waals surface area contributed by atoms with E-state index in [4.69, 9.17) is 4.74 Å². The number of rotatable bonds is 7. The van der Waals surface area contributed by atoms with Gasteiger partial charge in [-0.3, -0.25) is 15.0 Å². The minimum absolute atomic E-state index is 0.00608. The number of aliphatic carboxylic acids is 1. The van der Waals surface area contributed by atoms with E-state index in [1.165, 1.54) is 11.3 Å². The monoisotopic (exact) mass is 445 g/mol. The Hall–Kier alpha value is -2.45. The maximum Gasteiger partial charge on any atom is 0.413 e. The molecule has 2 heterocycles. The van der Waals surface area contributed by atoms with Gasteiger partial charge in [0.15, 0.2) is 5.13 Å². The minimum atomic E-state index is -0.785. The zero-order chi connectivity index (χ0) is 22.4. The molecule has 1 fully saturated rings. The van der Waals surface area contributed by atoms with E-state index in [1.54, 1.807) is 0 Å². The summed E-state index contributed by atoms with van der Waals surface area (Å²) in [6.07, 6.45) is 3.26. The molecule has 7 nitrogen and oxygen atoms in total. The lowest BCUT2D eigenvalue weighted by molar-refractivity contribution is -0.137. The number of hydrogen-bond acceptors (Lipinski definition) is 6. The molecule has 3 rings (SSSR count). The Morgan fingerprint density at radius 1 is 1.29 bits per heavy atom. The van der Waals surface area contributed by atoms with Crippen molar-refractivity contribution in [3.8, 4) is 0 Å². The molecule has 0 spiro atoms. The van der Waals surface area contributed by atoms with Crippen molar-refractivity contribution < 1.29 is 19.4 Å². The van der Waals surface area contributed by atoms with Gasteiger partial charge in [0.1, 0.15) is 5.60 Å². The molecule has 0 saturated carbocycles. The second-order valence-corrected chi connectivity index (χ2v) is 9.67. The van der Waals surface area contributed by atoms with Crippen molar-refractivity contribution >= 4 is 28.5 Å². The van der Waals surface area contributed by atoms with Gasteiger partial charge in [0, 0.05) is 17.8 Å². The summed E-state index contributed by atoms with van der Waals surface area (Å²) >= 11 is 1.38. The quantitative estimate of drug-likeness (QED) is 0.574. The van der Waals surface area contributed by atoms with Crippen LogP contribution in [0.3, 0.4) is 0 Å². The first-order chi connectivity index (χ1) is 14.7. The standard InChI is InChI=1S/C23H31N3O4S/c1-23(2,3)30-22(29)25-21-24-17(15-31-21)19-11-7-8-14-26(19)18(12-13-20(27)28)16-9-5-4-6-10-16/h4-6,9-10,15,18-19H,7-8,11-14H2,1-3H3,(H,27,28)(H,24,25,29). The molecule has 0 radical (unpaired) electrons. The molecule has 2 aromatic rings. The van der Waals surface area contributed by atoms with Gasteiger partial charge < -0.3 is 9.84 Å². The molecule has 31 heavy (non-hydrogen) atoms. The number of anilines is 1. The van der Waals surface area contributed by atoms with E-state index in [1.807, 2.05) is 44.4 Å². The summed E-state index contributed by atoms with van der Waals surface area (Å²) in [5.41, 5.74) is 1.46. The van der Waals surface area contributed by atoms with Crippen molar-refractivity contribution in [3.63, 3.8) is 0 Å². The number of carbonyl (C=O) groups is 2. The second-order valence-electron chi connectivity index (χ2n) is 8.81. The Bertz CT molecular complexity index is 878. The topological polar surface area (TPSA) is 91.8 Å². The van der Waals surface area contributed by atoms with Crippen LogP contribution in [0.1, 0.15) is 76.2 Å². The molecule has 2 atom stereocenters. The molecular formula is C23H31N3O4S.